The number of pyridine rings is 1. The van der Waals surface area contributed by atoms with Crippen molar-refractivity contribution < 1.29 is 18.7 Å². The molecule has 1 aromatic rings. The first-order chi connectivity index (χ1) is 9.35. The highest BCUT2D eigenvalue weighted by Gasteiger charge is 2.35. The van der Waals surface area contributed by atoms with Gasteiger partial charge in [0.25, 0.3) is 0 Å². The number of carbonyl (C=O) groups is 1. The Morgan fingerprint density at radius 3 is 2.75 bits per heavy atom. The molecular weight excluding hydrogens is 263 g/mol. The molecule has 1 aliphatic heterocycles. The van der Waals surface area contributed by atoms with Crippen molar-refractivity contribution in [1.82, 2.24) is 9.88 Å². The number of likely N-dealkylation sites (tertiary alicyclic amines) is 1. The van der Waals surface area contributed by atoms with Crippen molar-refractivity contribution >= 4 is 6.09 Å². The number of hydrogen-bond donors (Lipinski definition) is 0. The molecule has 0 unspecified atom stereocenters. The van der Waals surface area contributed by atoms with Crippen LogP contribution in [0.4, 0.5) is 9.18 Å². The molecule has 1 aliphatic rings. The summed E-state index contributed by atoms with van der Waals surface area (Å²) in [4.78, 5) is 17.0. The fraction of sp³-hybridized carbons (Fsp3) is 0.571. The lowest BCUT2D eigenvalue weighted by atomic mass is 10.1. The maximum Gasteiger partial charge on any atom is 0.410 e. The largest absolute Gasteiger partial charge is 0.490 e. The number of nitrogens with zero attached hydrogens (tertiary/aromatic N) is 2. The zero-order valence-electron chi connectivity index (χ0n) is 11.9. The zero-order valence-corrected chi connectivity index (χ0v) is 11.9. The van der Waals surface area contributed by atoms with Gasteiger partial charge in [0.15, 0.2) is 0 Å². The van der Waals surface area contributed by atoms with E-state index in [2.05, 4.69) is 4.98 Å². The number of amides is 1. The third-order valence-corrected chi connectivity index (χ3v) is 2.91. The highest BCUT2D eigenvalue weighted by Crippen LogP contribution is 2.22. The van der Waals surface area contributed by atoms with Gasteiger partial charge in [0.05, 0.1) is 12.2 Å². The van der Waals surface area contributed by atoms with Gasteiger partial charge in [0, 0.05) is 6.54 Å². The molecule has 1 saturated heterocycles. The van der Waals surface area contributed by atoms with Gasteiger partial charge in [0.2, 0.25) is 5.95 Å². The van der Waals surface area contributed by atoms with Gasteiger partial charge in [-0.05, 0) is 39.3 Å². The lowest BCUT2D eigenvalue weighted by Gasteiger charge is -2.40. The van der Waals surface area contributed by atoms with Crippen LogP contribution in [0.1, 0.15) is 27.2 Å². The second-order valence-electron chi connectivity index (χ2n) is 5.74. The molecule has 1 fully saturated rings. The van der Waals surface area contributed by atoms with Crippen molar-refractivity contribution in [3.8, 4) is 5.75 Å². The topological polar surface area (TPSA) is 51.7 Å². The van der Waals surface area contributed by atoms with Gasteiger partial charge in [-0.25, -0.2) is 9.78 Å². The Hall–Kier alpha value is -1.85. The van der Waals surface area contributed by atoms with Crippen LogP contribution in [0.15, 0.2) is 18.3 Å². The molecule has 20 heavy (non-hydrogen) atoms. The summed E-state index contributed by atoms with van der Waals surface area (Å²) in [6.45, 7) is 6.53. The minimum absolute atomic E-state index is 0.00472. The van der Waals surface area contributed by atoms with Crippen molar-refractivity contribution in [1.29, 1.82) is 0 Å². The van der Waals surface area contributed by atoms with E-state index in [4.69, 9.17) is 9.47 Å². The second-order valence-corrected chi connectivity index (χ2v) is 5.74. The maximum absolute atomic E-state index is 12.7. The fourth-order valence-corrected chi connectivity index (χ4v) is 1.82. The first-order valence-electron chi connectivity index (χ1n) is 6.59. The SMILES string of the molecule is CC(C)(C)OC(=O)N1CC[C@H]1COc1ccc(F)nc1. The molecule has 1 aromatic heterocycles. The van der Waals surface area contributed by atoms with Crippen LogP contribution in [0.2, 0.25) is 0 Å². The van der Waals surface area contributed by atoms with Crippen LogP contribution in [-0.2, 0) is 4.74 Å². The molecule has 1 amide bonds. The van der Waals surface area contributed by atoms with Gasteiger partial charge in [-0.2, -0.15) is 4.39 Å². The number of ether oxygens (including phenoxy) is 2. The summed E-state index contributed by atoms with van der Waals surface area (Å²) in [5.41, 5.74) is -0.501. The summed E-state index contributed by atoms with van der Waals surface area (Å²) in [6, 6.07) is 2.75. The molecular formula is C14H19FN2O3. The molecule has 6 heteroatoms. The highest BCUT2D eigenvalue weighted by atomic mass is 19.1. The van der Waals surface area contributed by atoms with E-state index in [1.165, 1.54) is 18.3 Å². The Labute approximate surface area is 117 Å². The lowest BCUT2D eigenvalue weighted by molar-refractivity contribution is -0.0141. The number of rotatable bonds is 3. The molecule has 0 aliphatic carbocycles. The minimum Gasteiger partial charge on any atom is -0.490 e. The fourth-order valence-electron chi connectivity index (χ4n) is 1.82. The quantitative estimate of drug-likeness (QED) is 0.800. The summed E-state index contributed by atoms with van der Waals surface area (Å²) in [6.07, 6.45) is 1.87. The van der Waals surface area contributed by atoms with Crippen molar-refractivity contribution in [2.45, 2.75) is 38.8 Å². The van der Waals surface area contributed by atoms with Gasteiger partial charge >= 0.3 is 6.09 Å². The van der Waals surface area contributed by atoms with Gasteiger partial charge in [0.1, 0.15) is 18.0 Å². The van der Waals surface area contributed by atoms with Gasteiger partial charge in [-0.3, -0.25) is 0 Å². The van der Waals surface area contributed by atoms with E-state index in [0.29, 0.717) is 18.9 Å². The average molecular weight is 282 g/mol. The molecule has 110 valence electrons. The van der Waals surface area contributed by atoms with E-state index in [-0.39, 0.29) is 12.1 Å². The highest BCUT2D eigenvalue weighted by molar-refractivity contribution is 5.69. The third-order valence-electron chi connectivity index (χ3n) is 2.91. The van der Waals surface area contributed by atoms with Gasteiger partial charge in [-0.15, -0.1) is 0 Å². The Bertz CT molecular complexity index is 470. The monoisotopic (exact) mass is 282 g/mol. The first kappa shape index (κ1) is 14.6. The molecule has 0 bridgehead atoms. The standard InChI is InChI=1S/C14H19FN2O3/c1-14(2,3)20-13(18)17-7-6-10(17)9-19-11-4-5-12(15)16-8-11/h4-5,8,10H,6-7,9H2,1-3H3/t10-/m0/s1. The average Bonchev–Trinajstić information content (AvgIpc) is 2.27. The van der Waals surface area contributed by atoms with E-state index in [1.54, 1.807) is 4.90 Å². The summed E-state index contributed by atoms with van der Waals surface area (Å²) < 4.78 is 23.5. The molecule has 0 aromatic carbocycles. The second kappa shape index (κ2) is 5.64. The number of aromatic nitrogens is 1. The first-order valence-corrected chi connectivity index (χ1v) is 6.59. The van der Waals surface area contributed by atoms with Crippen molar-refractivity contribution in [2.75, 3.05) is 13.2 Å². The van der Waals surface area contributed by atoms with Gasteiger partial charge in [-0.1, -0.05) is 0 Å². The number of halogens is 1. The smallest absolute Gasteiger partial charge is 0.410 e. The van der Waals surface area contributed by atoms with Crippen molar-refractivity contribution in [3.63, 3.8) is 0 Å². The van der Waals surface area contributed by atoms with E-state index >= 15 is 0 Å². The van der Waals surface area contributed by atoms with Crippen LogP contribution in [0.5, 0.6) is 5.75 Å². The lowest BCUT2D eigenvalue weighted by Crippen LogP contribution is -2.55. The van der Waals surface area contributed by atoms with Gasteiger partial charge < -0.3 is 14.4 Å². The van der Waals surface area contributed by atoms with E-state index in [0.717, 1.165) is 6.42 Å². The van der Waals surface area contributed by atoms with Crippen molar-refractivity contribution in [2.24, 2.45) is 0 Å². The summed E-state index contributed by atoms with van der Waals surface area (Å²) in [5, 5.41) is 0. The Morgan fingerprint density at radius 2 is 2.25 bits per heavy atom. The normalized spacial score (nSPS) is 18.4. The molecule has 0 radical (unpaired) electrons. The van der Waals surface area contributed by atoms with Crippen LogP contribution >= 0.6 is 0 Å². The Morgan fingerprint density at radius 1 is 1.50 bits per heavy atom. The summed E-state index contributed by atoms with van der Waals surface area (Å²) >= 11 is 0. The van der Waals surface area contributed by atoms with Crippen LogP contribution in [-0.4, -0.2) is 40.8 Å². The van der Waals surface area contributed by atoms with Crippen molar-refractivity contribution in [3.05, 3.63) is 24.3 Å². The van der Waals surface area contributed by atoms with Crippen LogP contribution in [0.3, 0.4) is 0 Å². The number of carbonyl (C=O) groups excluding carboxylic acids is 1. The summed E-state index contributed by atoms with van der Waals surface area (Å²) in [7, 11) is 0. The Kier molecular flexibility index (Phi) is 4.11. The molecule has 0 N–H and O–H groups in total. The predicted octanol–water partition coefficient (Wildman–Crippen LogP) is 2.61. The molecule has 1 atom stereocenters. The number of hydrogen-bond acceptors (Lipinski definition) is 4. The van der Waals surface area contributed by atoms with Crippen LogP contribution in [0, 0.1) is 5.95 Å². The zero-order chi connectivity index (χ0) is 14.8. The molecule has 2 rings (SSSR count). The van der Waals surface area contributed by atoms with Crippen LogP contribution in [0.25, 0.3) is 0 Å². The maximum atomic E-state index is 12.7. The van der Waals surface area contributed by atoms with E-state index < -0.39 is 11.5 Å². The van der Waals surface area contributed by atoms with Crippen LogP contribution < -0.4 is 4.74 Å². The molecule has 2 heterocycles. The Balaban J connectivity index is 1.82. The predicted molar refractivity (Wildman–Crippen MR) is 71.0 cm³/mol. The molecule has 0 saturated carbocycles. The molecule has 5 nitrogen and oxygen atoms in total. The van der Waals surface area contributed by atoms with E-state index in [9.17, 15) is 9.18 Å². The molecule has 0 spiro atoms. The van der Waals surface area contributed by atoms with E-state index in [1.807, 2.05) is 20.8 Å². The summed E-state index contributed by atoms with van der Waals surface area (Å²) in [5.74, 6) is -0.0567. The minimum atomic E-state index is -0.545. The third kappa shape index (κ3) is 3.82.